The van der Waals surface area contributed by atoms with Crippen LogP contribution in [-0.4, -0.2) is 41.8 Å². The molecule has 3 aromatic carbocycles. The van der Waals surface area contributed by atoms with Gasteiger partial charge in [-0.05, 0) is 77.4 Å². The number of ketones is 1. The minimum absolute atomic E-state index is 0.0642. The fourth-order valence-electron chi connectivity index (χ4n) is 4.50. The van der Waals surface area contributed by atoms with Gasteiger partial charge in [0.1, 0.15) is 5.75 Å². The fourth-order valence-corrected chi connectivity index (χ4v) is 5.84. The van der Waals surface area contributed by atoms with Crippen molar-refractivity contribution < 1.29 is 18.7 Å². The number of phenols is 1. The molecule has 0 aliphatic carbocycles. The first kappa shape index (κ1) is 23.9. The third kappa shape index (κ3) is 5.25. The largest absolute Gasteiger partial charge is 0.508 e. The van der Waals surface area contributed by atoms with E-state index in [1.54, 1.807) is 36.4 Å². The van der Waals surface area contributed by atoms with Crippen molar-refractivity contribution in [1.29, 1.82) is 0 Å². The molecule has 0 spiro atoms. The number of hydrogen-bond acceptors (Lipinski definition) is 4. The zero-order valence-electron chi connectivity index (χ0n) is 18.9. The number of halogens is 3. The third-order valence-electron chi connectivity index (χ3n) is 6.55. The van der Waals surface area contributed by atoms with Gasteiger partial charge >= 0.3 is 0 Å². The van der Waals surface area contributed by atoms with E-state index in [0.29, 0.717) is 35.0 Å². The van der Waals surface area contributed by atoms with Crippen LogP contribution in [0.2, 0.25) is 5.02 Å². The molecule has 35 heavy (non-hydrogen) atoms. The van der Waals surface area contributed by atoms with Gasteiger partial charge in [0.05, 0.1) is 4.88 Å². The number of hydrogen-bond donors (Lipinski definition) is 1. The van der Waals surface area contributed by atoms with Crippen LogP contribution in [0.4, 0.5) is 8.78 Å². The van der Waals surface area contributed by atoms with Crippen molar-refractivity contribution in [1.82, 2.24) is 4.90 Å². The van der Waals surface area contributed by atoms with Gasteiger partial charge < -0.3 is 10.0 Å². The van der Waals surface area contributed by atoms with E-state index in [2.05, 4.69) is 29.2 Å². The van der Waals surface area contributed by atoms with Gasteiger partial charge in [0.2, 0.25) is 12.2 Å². The average molecular weight is 512 g/mol. The van der Waals surface area contributed by atoms with E-state index in [9.17, 15) is 18.7 Å². The molecule has 1 N–H and O–H groups in total. The molecule has 4 aromatic rings. The second kappa shape index (κ2) is 10.1. The summed E-state index contributed by atoms with van der Waals surface area (Å²) in [6, 6.07) is 20.3. The molecule has 0 bridgehead atoms. The van der Waals surface area contributed by atoms with Crippen LogP contribution in [0.25, 0.3) is 10.1 Å². The van der Waals surface area contributed by atoms with Crippen LogP contribution in [0.15, 0.2) is 66.7 Å². The molecule has 0 saturated carbocycles. The Kier molecular flexibility index (Phi) is 6.87. The molecule has 0 amide bonds. The number of thiophene rings is 1. The van der Waals surface area contributed by atoms with E-state index in [0.717, 1.165) is 39.7 Å². The van der Waals surface area contributed by atoms with Crippen LogP contribution in [0, 0.1) is 5.92 Å². The second-order valence-electron chi connectivity index (χ2n) is 9.02. The molecular weight excluding hydrogens is 488 g/mol. The number of rotatable bonds is 8. The Bertz CT molecular complexity index is 1350. The zero-order valence-corrected chi connectivity index (χ0v) is 20.5. The summed E-state index contributed by atoms with van der Waals surface area (Å²) in [6.45, 7) is 1.73. The Hall–Kier alpha value is -2.80. The van der Waals surface area contributed by atoms with Crippen molar-refractivity contribution in [2.45, 2.75) is 19.3 Å². The van der Waals surface area contributed by atoms with Crippen molar-refractivity contribution in [2.75, 3.05) is 19.6 Å². The lowest BCUT2D eigenvalue weighted by Crippen LogP contribution is -2.50. The fraction of sp³-hybridized carbons (Fsp3) is 0.250. The van der Waals surface area contributed by atoms with Gasteiger partial charge in [-0.1, -0.05) is 35.9 Å². The molecule has 1 aromatic heterocycles. The van der Waals surface area contributed by atoms with Gasteiger partial charge in [-0.25, -0.2) is 8.78 Å². The smallest absolute Gasteiger partial charge is 0.243 e. The molecule has 1 fully saturated rings. The average Bonchev–Trinajstić information content (AvgIpc) is 3.16. The molecule has 0 atom stereocenters. The van der Waals surface area contributed by atoms with Crippen LogP contribution in [0.1, 0.15) is 31.9 Å². The van der Waals surface area contributed by atoms with Crippen LogP contribution in [0.3, 0.4) is 0 Å². The minimum atomic E-state index is -2.22. The SMILES string of the molecule is O=C(c1ccc(Cl)cc1)c1sc2cc(O)ccc2c1Cc1ccc(CCN2CC(C(F)F)C2)cc1. The highest BCUT2D eigenvalue weighted by Crippen LogP contribution is 2.36. The minimum Gasteiger partial charge on any atom is -0.508 e. The predicted molar refractivity (Wildman–Crippen MR) is 137 cm³/mol. The predicted octanol–water partition coefficient (Wildman–Crippen LogP) is 6.82. The maximum Gasteiger partial charge on any atom is 0.243 e. The first-order chi connectivity index (χ1) is 16.9. The maximum atomic E-state index is 13.4. The summed E-state index contributed by atoms with van der Waals surface area (Å²) in [5.41, 5.74) is 3.75. The van der Waals surface area contributed by atoms with Gasteiger partial charge in [-0.15, -0.1) is 11.3 Å². The molecule has 0 unspecified atom stereocenters. The van der Waals surface area contributed by atoms with Gasteiger partial charge in [0, 0.05) is 40.8 Å². The lowest BCUT2D eigenvalue weighted by molar-refractivity contribution is -0.0233. The van der Waals surface area contributed by atoms with Gasteiger partial charge in [0.15, 0.2) is 0 Å². The summed E-state index contributed by atoms with van der Waals surface area (Å²) in [5, 5.41) is 11.5. The molecule has 1 saturated heterocycles. The summed E-state index contributed by atoms with van der Waals surface area (Å²) >= 11 is 7.38. The molecule has 180 valence electrons. The van der Waals surface area contributed by atoms with Crippen LogP contribution >= 0.6 is 22.9 Å². The Morgan fingerprint density at radius 3 is 2.40 bits per heavy atom. The molecule has 7 heteroatoms. The Morgan fingerprint density at radius 1 is 1.03 bits per heavy atom. The Labute approximate surface area is 211 Å². The van der Waals surface area contributed by atoms with Crippen molar-refractivity contribution in [2.24, 2.45) is 5.92 Å². The second-order valence-corrected chi connectivity index (χ2v) is 10.5. The summed E-state index contributed by atoms with van der Waals surface area (Å²) in [6.07, 6.45) is -0.821. The van der Waals surface area contributed by atoms with E-state index < -0.39 is 12.3 Å². The summed E-state index contributed by atoms with van der Waals surface area (Å²) in [5.74, 6) is -0.377. The Balaban J connectivity index is 1.35. The lowest BCUT2D eigenvalue weighted by Gasteiger charge is -2.38. The number of fused-ring (bicyclic) bond motifs is 1. The highest BCUT2D eigenvalue weighted by molar-refractivity contribution is 7.21. The van der Waals surface area contributed by atoms with E-state index in [4.69, 9.17) is 11.6 Å². The van der Waals surface area contributed by atoms with Gasteiger partial charge in [-0.3, -0.25) is 4.79 Å². The normalized spacial score (nSPS) is 14.5. The number of nitrogens with zero attached hydrogens (tertiary/aromatic N) is 1. The number of aromatic hydroxyl groups is 1. The molecule has 5 rings (SSSR count). The third-order valence-corrected chi connectivity index (χ3v) is 8.00. The van der Waals surface area contributed by atoms with Crippen molar-refractivity contribution in [3.05, 3.63) is 98.9 Å². The van der Waals surface area contributed by atoms with Crippen molar-refractivity contribution in [3.63, 3.8) is 0 Å². The quantitative estimate of drug-likeness (QED) is 0.264. The van der Waals surface area contributed by atoms with Crippen molar-refractivity contribution in [3.8, 4) is 5.75 Å². The zero-order chi connectivity index (χ0) is 24.5. The van der Waals surface area contributed by atoms with Crippen LogP contribution in [0.5, 0.6) is 5.75 Å². The number of carbonyl (C=O) groups is 1. The number of phenolic OH excluding ortho intramolecular Hbond substituents is 1. The monoisotopic (exact) mass is 511 g/mol. The maximum absolute atomic E-state index is 13.4. The highest BCUT2D eigenvalue weighted by atomic mass is 35.5. The molecule has 1 aliphatic rings. The number of benzene rings is 3. The Morgan fingerprint density at radius 2 is 1.71 bits per heavy atom. The molecule has 0 radical (unpaired) electrons. The first-order valence-corrected chi connectivity index (χ1v) is 12.7. The molecule has 3 nitrogen and oxygen atoms in total. The summed E-state index contributed by atoms with van der Waals surface area (Å²) in [7, 11) is 0. The molecule has 2 heterocycles. The van der Waals surface area contributed by atoms with Gasteiger partial charge in [-0.2, -0.15) is 0 Å². The van der Waals surface area contributed by atoms with E-state index in [-0.39, 0.29) is 11.5 Å². The summed E-state index contributed by atoms with van der Waals surface area (Å²) in [4.78, 5) is 16.1. The highest BCUT2D eigenvalue weighted by Gasteiger charge is 2.33. The first-order valence-electron chi connectivity index (χ1n) is 11.5. The van der Waals surface area contributed by atoms with Crippen molar-refractivity contribution >= 4 is 38.8 Å². The standard InChI is InChI=1S/C28H24ClF2NO2S/c29-21-7-5-19(6-8-21)26(34)27-24(23-10-9-22(33)14-25(23)35-27)13-18-3-1-17(2-4-18)11-12-32-15-20(16-32)28(30)31/h1-10,14,20,28,33H,11-13,15-16H2. The van der Waals surface area contributed by atoms with Crippen LogP contribution < -0.4 is 0 Å². The number of carbonyl (C=O) groups excluding carboxylic acids is 1. The topological polar surface area (TPSA) is 40.5 Å². The van der Waals surface area contributed by atoms with Gasteiger partial charge in [0.25, 0.3) is 0 Å². The van der Waals surface area contributed by atoms with Crippen LogP contribution in [-0.2, 0) is 12.8 Å². The van der Waals surface area contributed by atoms with E-state index in [1.165, 1.54) is 11.3 Å². The lowest BCUT2D eigenvalue weighted by atomic mass is 9.97. The molecule has 1 aliphatic heterocycles. The number of likely N-dealkylation sites (tertiary alicyclic amines) is 1. The number of alkyl halides is 2. The summed E-state index contributed by atoms with van der Waals surface area (Å²) < 4.78 is 26.2. The van der Waals surface area contributed by atoms with E-state index in [1.807, 2.05) is 6.07 Å². The molecular formula is C28H24ClF2NO2S. The van der Waals surface area contributed by atoms with E-state index >= 15 is 0 Å².